The zero-order valence-electron chi connectivity index (χ0n) is 12.2. The van der Waals surface area contributed by atoms with Crippen molar-refractivity contribution in [3.05, 3.63) is 28.3 Å². The van der Waals surface area contributed by atoms with Gasteiger partial charge in [0.25, 0.3) is 5.91 Å². The predicted molar refractivity (Wildman–Crippen MR) is 80.9 cm³/mol. The zero-order chi connectivity index (χ0) is 15.4. The van der Waals surface area contributed by atoms with Gasteiger partial charge >= 0.3 is 0 Å². The van der Waals surface area contributed by atoms with Gasteiger partial charge < -0.3 is 15.4 Å². The molecule has 1 aromatic rings. The molecular formula is C15H19ClN2O3. The Morgan fingerprint density at radius 3 is 2.95 bits per heavy atom. The second kappa shape index (κ2) is 6.80. The topological polar surface area (TPSA) is 67.4 Å². The van der Waals surface area contributed by atoms with E-state index < -0.39 is 0 Å². The minimum absolute atomic E-state index is 0.00391. The summed E-state index contributed by atoms with van der Waals surface area (Å²) in [6, 6.07) is 3.34. The molecule has 2 rings (SSSR count). The predicted octanol–water partition coefficient (Wildman–Crippen LogP) is 2.06. The molecule has 0 bridgehead atoms. The highest BCUT2D eigenvalue weighted by atomic mass is 35.5. The molecule has 0 spiro atoms. The number of benzene rings is 1. The van der Waals surface area contributed by atoms with Crippen molar-refractivity contribution in [2.24, 2.45) is 0 Å². The van der Waals surface area contributed by atoms with Gasteiger partial charge in [-0.25, -0.2) is 0 Å². The van der Waals surface area contributed by atoms with Crippen LogP contribution < -0.4 is 15.4 Å². The highest BCUT2D eigenvalue weighted by Gasteiger charge is 2.19. The summed E-state index contributed by atoms with van der Waals surface area (Å²) >= 11 is 6.05. The molecule has 1 saturated heterocycles. The third kappa shape index (κ3) is 3.88. The van der Waals surface area contributed by atoms with Crippen LogP contribution in [0.2, 0.25) is 5.02 Å². The summed E-state index contributed by atoms with van der Waals surface area (Å²) in [4.78, 5) is 23.5. The summed E-state index contributed by atoms with van der Waals surface area (Å²) in [5.41, 5.74) is 1.31. The first-order chi connectivity index (χ1) is 10.0. The Kier molecular flexibility index (Phi) is 5.07. The third-order valence-electron chi connectivity index (χ3n) is 3.57. The van der Waals surface area contributed by atoms with Crippen LogP contribution in [0.4, 0.5) is 0 Å². The van der Waals surface area contributed by atoms with Crippen LogP contribution in [0.15, 0.2) is 12.1 Å². The normalized spacial score (nSPS) is 18.0. The largest absolute Gasteiger partial charge is 0.495 e. The van der Waals surface area contributed by atoms with E-state index in [2.05, 4.69) is 10.6 Å². The Morgan fingerprint density at radius 1 is 1.52 bits per heavy atom. The summed E-state index contributed by atoms with van der Waals surface area (Å²) < 4.78 is 5.12. The van der Waals surface area contributed by atoms with Crippen LogP contribution in [0.25, 0.3) is 0 Å². The van der Waals surface area contributed by atoms with E-state index in [4.69, 9.17) is 16.3 Å². The summed E-state index contributed by atoms with van der Waals surface area (Å²) in [5, 5.41) is 6.11. The quantitative estimate of drug-likeness (QED) is 0.894. The number of halogens is 1. The Labute approximate surface area is 129 Å². The first kappa shape index (κ1) is 15.6. The van der Waals surface area contributed by atoms with Crippen molar-refractivity contribution < 1.29 is 14.3 Å². The van der Waals surface area contributed by atoms with Crippen molar-refractivity contribution in [2.45, 2.75) is 32.2 Å². The van der Waals surface area contributed by atoms with Crippen LogP contribution in [-0.4, -0.2) is 31.5 Å². The molecule has 0 aliphatic carbocycles. The van der Waals surface area contributed by atoms with Crippen molar-refractivity contribution in [1.82, 2.24) is 10.6 Å². The maximum Gasteiger partial charge on any atom is 0.251 e. The first-order valence-electron chi connectivity index (χ1n) is 6.93. The molecule has 0 saturated carbocycles. The van der Waals surface area contributed by atoms with E-state index in [1.54, 1.807) is 12.1 Å². The van der Waals surface area contributed by atoms with E-state index in [0.717, 1.165) is 18.4 Å². The van der Waals surface area contributed by atoms with Crippen molar-refractivity contribution in [2.75, 3.05) is 13.7 Å². The van der Waals surface area contributed by atoms with Crippen LogP contribution in [0.3, 0.4) is 0 Å². The fourth-order valence-electron chi connectivity index (χ4n) is 2.40. The number of amides is 2. The number of nitrogens with one attached hydrogen (secondary N) is 2. The minimum Gasteiger partial charge on any atom is -0.495 e. The van der Waals surface area contributed by atoms with E-state index in [9.17, 15) is 9.59 Å². The molecule has 1 atom stereocenters. The number of rotatable bonds is 4. The van der Waals surface area contributed by atoms with Gasteiger partial charge in [0.15, 0.2) is 0 Å². The average molecular weight is 311 g/mol. The molecule has 2 N–H and O–H groups in total. The second-order valence-electron chi connectivity index (χ2n) is 5.17. The molecule has 1 aliphatic rings. The molecular weight excluding hydrogens is 292 g/mol. The minimum atomic E-state index is -0.197. The highest BCUT2D eigenvalue weighted by molar-refractivity contribution is 6.32. The number of carbonyl (C=O) groups is 2. The van der Waals surface area contributed by atoms with Gasteiger partial charge in [-0.1, -0.05) is 11.6 Å². The van der Waals surface area contributed by atoms with Crippen LogP contribution in [-0.2, 0) is 4.79 Å². The van der Waals surface area contributed by atoms with Gasteiger partial charge in [-0.15, -0.1) is 0 Å². The summed E-state index contributed by atoms with van der Waals surface area (Å²) in [6.07, 6.45) is 2.31. The Morgan fingerprint density at radius 2 is 2.29 bits per heavy atom. The van der Waals surface area contributed by atoms with Crippen molar-refractivity contribution >= 4 is 23.4 Å². The summed E-state index contributed by atoms with van der Waals surface area (Å²) in [6.45, 7) is 2.25. The lowest BCUT2D eigenvalue weighted by Gasteiger charge is -2.23. The average Bonchev–Trinajstić information content (AvgIpc) is 2.46. The zero-order valence-corrected chi connectivity index (χ0v) is 12.9. The van der Waals surface area contributed by atoms with Gasteiger partial charge in [-0.05, 0) is 37.5 Å². The Bertz CT molecular complexity index is 560. The lowest BCUT2D eigenvalue weighted by Crippen LogP contribution is -2.46. The van der Waals surface area contributed by atoms with E-state index >= 15 is 0 Å². The standard InChI is InChI=1S/C15H19ClN2O3/c1-9-6-13(21-2)12(16)7-11(9)15(20)17-8-10-4-3-5-14(19)18-10/h6-7,10H,3-5,8H2,1-2H3,(H,17,20)(H,18,19)/t10-/m1/s1. The molecule has 1 heterocycles. The molecule has 1 aromatic carbocycles. The smallest absolute Gasteiger partial charge is 0.251 e. The molecule has 0 radical (unpaired) electrons. The lowest BCUT2D eigenvalue weighted by atomic mass is 10.0. The van der Waals surface area contributed by atoms with Gasteiger partial charge in [-0.3, -0.25) is 9.59 Å². The van der Waals surface area contributed by atoms with Gasteiger partial charge in [0.2, 0.25) is 5.91 Å². The second-order valence-corrected chi connectivity index (χ2v) is 5.58. The van der Waals surface area contributed by atoms with Crippen LogP contribution in [0.1, 0.15) is 35.2 Å². The number of carbonyl (C=O) groups excluding carboxylic acids is 2. The van der Waals surface area contributed by atoms with Crippen molar-refractivity contribution in [3.8, 4) is 5.75 Å². The SMILES string of the molecule is COc1cc(C)c(C(=O)NC[C@H]2CCCC(=O)N2)cc1Cl. The molecule has 2 amide bonds. The van der Waals surface area contributed by atoms with Crippen molar-refractivity contribution in [1.29, 1.82) is 0 Å². The van der Waals surface area contributed by atoms with E-state index in [-0.39, 0.29) is 17.9 Å². The maximum absolute atomic E-state index is 12.2. The Hall–Kier alpha value is -1.75. The van der Waals surface area contributed by atoms with Crippen molar-refractivity contribution in [3.63, 3.8) is 0 Å². The molecule has 6 heteroatoms. The van der Waals surface area contributed by atoms with Crippen LogP contribution in [0.5, 0.6) is 5.75 Å². The van der Waals surface area contributed by atoms with E-state index in [0.29, 0.717) is 29.3 Å². The molecule has 0 aromatic heterocycles. The monoisotopic (exact) mass is 310 g/mol. The molecule has 1 aliphatic heterocycles. The number of aryl methyl sites for hydroxylation is 1. The maximum atomic E-state index is 12.2. The molecule has 5 nitrogen and oxygen atoms in total. The fraction of sp³-hybridized carbons (Fsp3) is 0.467. The highest BCUT2D eigenvalue weighted by Crippen LogP contribution is 2.27. The summed E-state index contributed by atoms with van der Waals surface area (Å²) in [7, 11) is 1.53. The molecule has 0 unspecified atom stereocenters. The van der Waals surface area contributed by atoms with E-state index in [1.807, 2.05) is 6.92 Å². The molecule has 1 fully saturated rings. The third-order valence-corrected chi connectivity index (χ3v) is 3.87. The molecule has 21 heavy (non-hydrogen) atoms. The first-order valence-corrected chi connectivity index (χ1v) is 7.30. The number of hydrogen-bond donors (Lipinski definition) is 2. The van der Waals surface area contributed by atoms with Crippen LogP contribution >= 0.6 is 11.6 Å². The number of hydrogen-bond acceptors (Lipinski definition) is 3. The lowest BCUT2D eigenvalue weighted by molar-refractivity contribution is -0.123. The van der Waals surface area contributed by atoms with E-state index in [1.165, 1.54) is 7.11 Å². The Balaban J connectivity index is 2.00. The van der Waals surface area contributed by atoms with Gasteiger partial charge in [-0.2, -0.15) is 0 Å². The number of methoxy groups -OCH3 is 1. The number of ether oxygens (including phenoxy) is 1. The fourth-order valence-corrected chi connectivity index (χ4v) is 2.64. The number of piperidine rings is 1. The van der Waals surface area contributed by atoms with Crippen LogP contribution in [0, 0.1) is 6.92 Å². The van der Waals surface area contributed by atoms with Gasteiger partial charge in [0.1, 0.15) is 5.75 Å². The van der Waals surface area contributed by atoms with Gasteiger partial charge in [0, 0.05) is 24.6 Å². The summed E-state index contributed by atoms with van der Waals surface area (Å²) in [5.74, 6) is 0.395. The molecule has 114 valence electrons. The van der Waals surface area contributed by atoms with Gasteiger partial charge in [0.05, 0.1) is 12.1 Å².